The summed E-state index contributed by atoms with van der Waals surface area (Å²) in [5.41, 5.74) is 0.708. The Balaban J connectivity index is 1.94. The summed E-state index contributed by atoms with van der Waals surface area (Å²) < 4.78 is 23.1. The third-order valence-electron chi connectivity index (χ3n) is 3.94. The summed E-state index contributed by atoms with van der Waals surface area (Å²) in [5.74, 6) is -0.000417. The van der Waals surface area contributed by atoms with Crippen molar-refractivity contribution in [1.82, 2.24) is 4.90 Å². The molecule has 1 N–H and O–H groups in total. The van der Waals surface area contributed by atoms with Crippen LogP contribution < -0.4 is 5.32 Å². The molecule has 0 bridgehead atoms. The largest absolute Gasteiger partial charge is 0.341 e. The average molecular weight is 370 g/mol. The van der Waals surface area contributed by atoms with Gasteiger partial charge in [0, 0.05) is 30.6 Å². The summed E-state index contributed by atoms with van der Waals surface area (Å²) in [6, 6.07) is 7.04. The Labute approximate surface area is 146 Å². The molecule has 1 aliphatic heterocycles. The van der Waals surface area contributed by atoms with E-state index in [1.165, 1.54) is 18.7 Å². The number of sulfone groups is 1. The molecule has 0 aromatic heterocycles. The van der Waals surface area contributed by atoms with E-state index in [1.807, 2.05) is 19.1 Å². The van der Waals surface area contributed by atoms with Crippen molar-refractivity contribution in [3.05, 3.63) is 24.3 Å². The van der Waals surface area contributed by atoms with Gasteiger partial charge in [0.1, 0.15) is 0 Å². The Kier molecular flexibility index (Phi) is 5.92. The van der Waals surface area contributed by atoms with Crippen molar-refractivity contribution < 1.29 is 18.0 Å². The maximum absolute atomic E-state index is 12.5. The van der Waals surface area contributed by atoms with Crippen molar-refractivity contribution in [3.63, 3.8) is 0 Å². The lowest BCUT2D eigenvalue weighted by Gasteiger charge is -2.26. The number of nitrogens with zero attached hydrogens (tertiary/aromatic N) is 1. The lowest BCUT2D eigenvalue weighted by Crippen LogP contribution is -2.41. The van der Waals surface area contributed by atoms with E-state index in [1.54, 1.807) is 24.1 Å². The molecule has 1 aromatic carbocycles. The molecular formula is C16H22N2O4S2. The van der Waals surface area contributed by atoms with Gasteiger partial charge in [-0.1, -0.05) is 0 Å². The number of hydrogen-bond acceptors (Lipinski definition) is 5. The smallest absolute Gasteiger partial charge is 0.235 e. The molecule has 132 valence electrons. The van der Waals surface area contributed by atoms with E-state index in [-0.39, 0.29) is 34.6 Å². The molecule has 0 aliphatic carbocycles. The van der Waals surface area contributed by atoms with Crippen LogP contribution >= 0.6 is 11.8 Å². The van der Waals surface area contributed by atoms with Crippen LogP contribution in [0.1, 0.15) is 20.3 Å². The minimum Gasteiger partial charge on any atom is -0.341 e. The molecule has 2 amide bonds. The number of amides is 2. The number of carbonyl (C=O) groups is 2. The molecule has 2 atom stereocenters. The number of rotatable bonds is 5. The maximum Gasteiger partial charge on any atom is 0.235 e. The van der Waals surface area contributed by atoms with Gasteiger partial charge in [-0.05, 0) is 37.6 Å². The third kappa shape index (κ3) is 4.98. The van der Waals surface area contributed by atoms with E-state index in [4.69, 9.17) is 0 Å². The number of thioether (sulfide) groups is 1. The topological polar surface area (TPSA) is 83.6 Å². The number of carbonyl (C=O) groups excluding carboxylic acids is 2. The fraction of sp³-hybridized carbons (Fsp3) is 0.500. The molecule has 1 aromatic rings. The molecule has 1 fully saturated rings. The first kappa shape index (κ1) is 18.8. The molecule has 1 saturated heterocycles. The molecule has 1 heterocycles. The first-order chi connectivity index (χ1) is 11.2. The third-order valence-corrected chi connectivity index (χ3v) is 6.79. The summed E-state index contributed by atoms with van der Waals surface area (Å²) in [7, 11) is -1.34. The zero-order valence-electron chi connectivity index (χ0n) is 14.0. The standard InChI is InChI=1S/C16H22N2O4S2/c1-11(16(20)18(3)14-8-9-24(21,22)10-14)23-15-6-4-13(5-7-15)17-12(2)19/h4-7,11,14H,8-10H2,1-3H3,(H,17,19)/t11-,14+/m0/s1. The number of hydrogen-bond donors (Lipinski definition) is 1. The zero-order chi connectivity index (χ0) is 17.9. The fourth-order valence-electron chi connectivity index (χ4n) is 2.62. The van der Waals surface area contributed by atoms with Gasteiger partial charge in [-0.3, -0.25) is 9.59 Å². The molecule has 24 heavy (non-hydrogen) atoms. The van der Waals surface area contributed by atoms with Gasteiger partial charge in [-0.25, -0.2) is 8.42 Å². The van der Waals surface area contributed by atoms with Gasteiger partial charge in [0.05, 0.1) is 16.8 Å². The number of anilines is 1. The summed E-state index contributed by atoms with van der Waals surface area (Å²) in [6.07, 6.45) is 0.507. The Morgan fingerprint density at radius 3 is 2.42 bits per heavy atom. The van der Waals surface area contributed by atoms with Crippen molar-refractivity contribution in [2.45, 2.75) is 36.5 Å². The predicted octanol–water partition coefficient (Wildman–Crippen LogP) is 1.77. The van der Waals surface area contributed by atoms with Crippen molar-refractivity contribution in [2.24, 2.45) is 0 Å². The highest BCUT2D eigenvalue weighted by Crippen LogP contribution is 2.27. The van der Waals surface area contributed by atoms with Crippen molar-refractivity contribution in [1.29, 1.82) is 0 Å². The minimum absolute atomic E-state index is 0.0536. The quantitative estimate of drug-likeness (QED) is 0.799. The van der Waals surface area contributed by atoms with Crippen LogP contribution in [0.25, 0.3) is 0 Å². The molecule has 0 radical (unpaired) electrons. The predicted molar refractivity (Wildman–Crippen MR) is 95.9 cm³/mol. The van der Waals surface area contributed by atoms with E-state index < -0.39 is 9.84 Å². The van der Waals surface area contributed by atoms with Crippen LogP contribution in [0.4, 0.5) is 5.69 Å². The number of benzene rings is 1. The highest BCUT2D eigenvalue weighted by Gasteiger charge is 2.34. The maximum atomic E-state index is 12.5. The van der Waals surface area contributed by atoms with Crippen LogP contribution in [0.15, 0.2) is 29.2 Å². The fourth-order valence-corrected chi connectivity index (χ4v) is 5.37. The van der Waals surface area contributed by atoms with Crippen molar-refractivity contribution >= 4 is 39.1 Å². The van der Waals surface area contributed by atoms with E-state index in [0.29, 0.717) is 12.1 Å². The summed E-state index contributed by atoms with van der Waals surface area (Å²) in [6.45, 7) is 3.26. The van der Waals surface area contributed by atoms with Crippen LogP contribution in [0.2, 0.25) is 0 Å². The van der Waals surface area contributed by atoms with Gasteiger partial charge in [0.15, 0.2) is 9.84 Å². The van der Waals surface area contributed by atoms with E-state index in [0.717, 1.165) is 4.90 Å². The highest BCUT2D eigenvalue weighted by atomic mass is 32.2. The molecule has 8 heteroatoms. The van der Waals surface area contributed by atoms with Gasteiger partial charge >= 0.3 is 0 Å². The van der Waals surface area contributed by atoms with Crippen LogP contribution in [-0.4, -0.2) is 55.0 Å². The summed E-state index contributed by atoms with van der Waals surface area (Å²) >= 11 is 1.41. The van der Waals surface area contributed by atoms with Crippen molar-refractivity contribution in [3.8, 4) is 0 Å². The second-order valence-electron chi connectivity index (χ2n) is 5.97. The number of nitrogens with one attached hydrogen (secondary N) is 1. The Morgan fingerprint density at radius 1 is 1.29 bits per heavy atom. The van der Waals surface area contributed by atoms with Crippen LogP contribution in [-0.2, 0) is 19.4 Å². The lowest BCUT2D eigenvalue weighted by atomic mass is 10.2. The average Bonchev–Trinajstić information content (AvgIpc) is 2.87. The Morgan fingerprint density at radius 2 is 1.92 bits per heavy atom. The molecule has 1 aliphatic rings. The first-order valence-electron chi connectivity index (χ1n) is 7.69. The minimum atomic E-state index is -3.01. The summed E-state index contributed by atoms with van der Waals surface area (Å²) in [5, 5.41) is 2.38. The highest BCUT2D eigenvalue weighted by molar-refractivity contribution is 8.00. The van der Waals surface area contributed by atoms with Gasteiger partial charge < -0.3 is 10.2 Å². The molecule has 0 unspecified atom stereocenters. The van der Waals surface area contributed by atoms with Gasteiger partial charge in [0.25, 0.3) is 0 Å². The van der Waals surface area contributed by atoms with E-state index in [2.05, 4.69) is 5.32 Å². The summed E-state index contributed by atoms with van der Waals surface area (Å²) in [4.78, 5) is 26.0. The molecule has 2 rings (SSSR count). The molecule has 0 saturated carbocycles. The monoisotopic (exact) mass is 370 g/mol. The van der Waals surface area contributed by atoms with Gasteiger partial charge in [-0.2, -0.15) is 0 Å². The second kappa shape index (κ2) is 7.57. The second-order valence-corrected chi connectivity index (χ2v) is 9.61. The van der Waals surface area contributed by atoms with Gasteiger partial charge in [0.2, 0.25) is 11.8 Å². The van der Waals surface area contributed by atoms with E-state index in [9.17, 15) is 18.0 Å². The Hall–Kier alpha value is -1.54. The van der Waals surface area contributed by atoms with Gasteiger partial charge in [-0.15, -0.1) is 11.8 Å². The lowest BCUT2D eigenvalue weighted by molar-refractivity contribution is -0.130. The van der Waals surface area contributed by atoms with Crippen LogP contribution in [0, 0.1) is 0 Å². The van der Waals surface area contributed by atoms with Crippen molar-refractivity contribution in [2.75, 3.05) is 23.9 Å². The van der Waals surface area contributed by atoms with E-state index >= 15 is 0 Å². The zero-order valence-corrected chi connectivity index (χ0v) is 15.6. The Bertz CT molecular complexity index is 716. The molecule has 0 spiro atoms. The SMILES string of the molecule is CC(=O)Nc1ccc(S[C@@H](C)C(=O)N(C)[C@@H]2CCS(=O)(=O)C2)cc1. The van der Waals surface area contributed by atoms with Crippen LogP contribution in [0.3, 0.4) is 0 Å². The normalized spacial score (nSPS) is 20.4. The van der Waals surface area contributed by atoms with Crippen LogP contribution in [0.5, 0.6) is 0 Å². The first-order valence-corrected chi connectivity index (χ1v) is 10.4. The molecule has 6 nitrogen and oxygen atoms in total. The molecular weight excluding hydrogens is 348 g/mol.